The van der Waals surface area contributed by atoms with Gasteiger partial charge in [-0.15, -0.1) is 0 Å². The fourth-order valence-corrected chi connectivity index (χ4v) is 12.7. The van der Waals surface area contributed by atoms with Crippen LogP contribution >= 0.6 is 25.5 Å². The average Bonchev–Trinajstić information content (AvgIpc) is 3.95. The van der Waals surface area contributed by atoms with Crippen LogP contribution in [0.1, 0.15) is 30.9 Å². The number of hydrogen-bond acceptors (Lipinski definition) is 4. The van der Waals surface area contributed by atoms with Crippen LogP contribution in [0.15, 0.2) is 170 Å². The van der Waals surface area contributed by atoms with Crippen LogP contribution in [-0.2, 0) is 17.3 Å². The van der Waals surface area contributed by atoms with Crippen LogP contribution in [0.5, 0.6) is 23.0 Å². The van der Waals surface area contributed by atoms with Gasteiger partial charge in [0.25, 0.3) is 0 Å². The van der Waals surface area contributed by atoms with E-state index in [1.807, 2.05) is 17.3 Å². The van der Waals surface area contributed by atoms with E-state index in [4.69, 9.17) is 18.9 Å². The van der Waals surface area contributed by atoms with Crippen molar-refractivity contribution in [3.63, 3.8) is 0 Å². The van der Waals surface area contributed by atoms with E-state index in [-0.39, 0.29) is 26.0 Å². The molecular formula is C48H44Cl2O4P2Ru+2. The number of fused-ring (bicyclic) bond motifs is 2. The molecule has 4 nitrogen and oxygen atoms in total. The summed E-state index contributed by atoms with van der Waals surface area (Å²) in [6, 6.07) is 60.6. The van der Waals surface area contributed by atoms with E-state index < -0.39 is 15.8 Å². The van der Waals surface area contributed by atoms with Crippen molar-refractivity contribution in [2.75, 3.05) is 13.6 Å². The molecule has 7 aromatic rings. The Morgan fingerprint density at radius 1 is 0.456 bits per heavy atom. The molecule has 2 heterocycles. The van der Waals surface area contributed by atoms with Gasteiger partial charge >= 0.3 is 27.0 Å². The summed E-state index contributed by atoms with van der Waals surface area (Å²) in [5.41, 5.74) is 4.83. The first-order chi connectivity index (χ1) is 27.6. The van der Waals surface area contributed by atoms with Crippen LogP contribution < -0.4 is 63.2 Å². The third-order valence-electron chi connectivity index (χ3n) is 9.86. The van der Waals surface area contributed by atoms with Crippen molar-refractivity contribution in [3.05, 3.63) is 181 Å². The van der Waals surface area contributed by atoms with Crippen molar-refractivity contribution in [1.29, 1.82) is 0 Å². The predicted octanol–water partition coefficient (Wildman–Crippen LogP) is 6.60. The monoisotopic (exact) mass is 918 g/mol. The second-order valence-electron chi connectivity index (χ2n) is 13.7. The molecule has 0 spiro atoms. The van der Waals surface area contributed by atoms with Gasteiger partial charge in [-0.2, -0.15) is 0 Å². The summed E-state index contributed by atoms with van der Waals surface area (Å²) in [6.45, 7) is 6.91. The number of hydrogen-bond donors (Lipinski definition) is 0. The van der Waals surface area contributed by atoms with Gasteiger partial charge in [-0.1, -0.05) is 116 Å². The molecule has 7 aromatic carbocycles. The zero-order valence-electron chi connectivity index (χ0n) is 31.9. The maximum absolute atomic E-state index is 6.36. The molecule has 0 bridgehead atoms. The normalized spacial score (nSPS) is 12.0. The molecule has 0 saturated carbocycles. The minimum absolute atomic E-state index is 0. The topological polar surface area (TPSA) is 36.9 Å². The van der Waals surface area contributed by atoms with Gasteiger partial charge in [0.15, 0.2) is 23.0 Å². The number of ether oxygens (including phenoxy) is 4. The van der Waals surface area contributed by atoms with Crippen LogP contribution in [0, 0.1) is 6.92 Å². The molecule has 0 aromatic heterocycles. The standard InChI is InChI=1S/C38H28O4P2.C10H14.2ClH.Ru/c1-5-13-27(14-6-1)43(28-15-7-2-8-16-28)33-23-21-31-37(41-25-39-31)35(33)36-34(24-22-32-38(36)42-26-40-32)44(29-17-9-3-10-18-29)30-19-11-4-12-20-30;1-8(2)10-6-4-9(3)5-7-10;;;/h1-24H,25-26H2;4-8H,1-3H3;2*1H;/q;;;;+2. The second-order valence-corrected chi connectivity index (χ2v) is 18.6. The predicted molar refractivity (Wildman–Crippen MR) is 235 cm³/mol. The first-order valence-corrected chi connectivity index (χ1v) is 23.8. The van der Waals surface area contributed by atoms with Gasteiger partial charge in [-0.25, -0.2) is 0 Å². The molecule has 9 heteroatoms. The Hall–Kier alpha value is -4.20. The van der Waals surface area contributed by atoms with Gasteiger partial charge in [-0.3, -0.25) is 0 Å². The molecular weight excluding hydrogens is 874 g/mol. The van der Waals surface area contributed by atoms with Crippen LogP contribution in [0.2, 0.25) is 0 Å². The molecule has 9 rings (SSSR count). The quantitative estimate of drug-likeness (QED) is 0.127. The van der Waals surface area contributed by atoms with E-state index in [1.165, 1.54) is 43.0 Å². The van der Waals surface area contributed by atoms with Crippen molar-refractivity contribution in [2.24, 2.45) is 0 Å². The maximum atomic E-state index is 6.36. The fraction of sp³-hybridized carbons (Fsp3) is 0.125. The Labute approximate surface area is 359 Å². The summed E-state index contributed by atoms with van der Waals surface area (Å²) in [5.74, 6) is 3.69. The first-order valence-electron chi connectivity index (χ1n) is 18.6. The minimum Gasteiger partial charge on any atom is -0.454 e. The van der Waals surface area contributed by atoms with Gasteiger partial charge in [0.2, 0.25) is 13.6 Å². The van der Waals surface area contributed by atoms with Crippen molar-refractivity contribution < 1.29 is 48.7 Å². The molecule has 0 saturated heterocycles. The molecule has 0 unspecified atom stereocenters. The third kappa shape index (κ3) is 9.58. The van der Waals surface area contributed by atoms with E-state index in [1.54, 1.807) is 0 Å². The average molecular weight is 919 g/mol. The SMILES string of the molecule is Cc1ccc(C(C)C)cc1.[Cl-].[Cl][Ru+].c1ccc([PH+](c2ccccc2)c2ccc3c(c2-c2c([PH+](c4ccccc4)c4ccccc4)ccc4c2OCO4)OCO3)cc1. The fourth-order valence-electron chi connectivity index (χ4n) is 7.18. The van der Waals surface area contributed by atoms with E-state index in [0.717, 1.165) is 34.1 Å². The Morgan fingerprint density at radius 2 is 0.789 bits per heavy atom. The van der Waals surface area contributed by atoms with Gasteiger partial charge < -0.3 is 31.4 Å². The molecule has 0 aliphatic carbocycles. The number of benzene rings is 7. The molecule has 2 aliphatic heterocycles. The zero-order valence-corrected chi connectivity index (χ0v) is 37.1. The molecule has 0 N–H and O–H groups in total. The summed E-state index contributed by atoms with van der Waals surface area (Å²) < 4.78 is 24.8. The van der Waals surface area contributed by atoms with Crippen molar-refractivity contribution >= 4 is 57.4 Å². The number of halogens is 2. The van der Waals surface area contributed by atoms with E-state index in [0.29, 0.717) is 5.92 Å². The van der Waals surface area contributed by atoms with Crippen molar-refractivity contribution in [1.82, 2.24) is 0 Å². The van der Waals surface area contributed by atoms with E-state index in [2.05, 4.69) is 200 Å². The molecule has 0 fully saturated rings. The molecule has 0 atom stereocenters. The number of aryl methyl sites for hydroxylation is 1. The molecule has 0 amide bonds. The Bertz CT molecular complexity index is 2110. The van der Waals surface area contributed by atoms with E-state index >= 15 is 0 Å². The van der Waals surface area contributed by atoms with Crippen molar-refractivity contribution in [3.8, 4) is 34.1 Å². The van der Waals surface area contributed by atoms with Crippen molar-refractivity contribution in [2.45, 2.75) is 26.7 Å². The number of rotatable bonds is 8. The summed E-state index contributed by atoms with van der Waals surface area (Å²) in [6.07, 6.45) is 0. The third-order valence-corrected chi connectivity index (χ3v) is 15.4. The zero-order chi connectivity index (χ0) is 38.9. The Kier molecular flexibility index (Phi) is 15.2. The van der Waals surface area contributed by atoms with E-state index in [9.17, 15) is 0 Å². The maximum Gasteiger partial charge on any atom is 0.231 e. The smallest absolute Gasteiger partial charge is 0.231 e. The van der Waals surface area contributed by atoms with Gasteiger partial charge in [-0.05, 0) is 91.2 Å². The van der Waals surface area contributed by atoms with Crippen LogP contribution in [-0.4, -0.2) is 13.6 Å². The molecule has 0 radical (unpaired) electrons. The summed E-state index contributed by atoms with van der Waals surface area (Å²) in [7, 11) is 1.60. The van der Waals surface area contributed by atoms with Gasteiger partial charge in [0, 0.05) is 0 Å². The molecule has 57 heavy (non-hydrogen) atoms. The minimum atomic E-state index is -1.48. The van der Waals surface area contributed by atoms with Gasteiger partial charge in [0.05, 0.1) is 27.0 Å². The van der Waals surface area contributed by atoms with Crippen LogP contribution in [0.3, 0.4) is 0 Å². The summed E-state index contributed by atoms with van der Waals surface area (Å²) in [5, 5.41) is 7.64. The second kappa shape index (κ2) is 20.5. The van der Waals surface area contributed by atoms with Crippen LogP contribution in [0.4, 0.5) is 0 Å². The molecule has 2 aliphatic rings. The Morgan fingerprint density at radius 3 is 1.11 bits per heavy atom. The van der Waals surface area contributed by atoms with Crippen LogP contribution in [0.25, 0.3) is 11.1 Å². The Balaban J connectivity index is 0.000000368. The summed E-state index contributed by atoms with van der Waals surface area (Å²) in [4.78, 5) is 0. The molecule has 290 valence electrons. The largest absolute Gasteiger partial charge is 0.454 e. The first kappa shape index (κ1) is 42.4. The summed E-state index contributed by atoms with van der Waals surface area (Å²) >= 11 is 1.82. The van der Waals surface area contributed by atoms with Gasteiger partial charge in [0.1, 0.15) is 31.8 Å².